The number of H-pyrrole nitrogens is 1. The van der Waals surface area contributed by atoms with Crippen molar-refractivity contribution in [3.05, 3.63) is 62.3 Å². The number of aromatic nitrogens is 2. The number of hydrogen-bond donors (Lipinski definition) is 3. The summed E-state index contributed by atoms with van der Waals surface area (Å²) in [4.78, 5) is 38.4. The van der Waals surface area contributed by atoms with E-state index in [1.54, 1.807) is 19.1 Å². The number of hydrogen-bond acceptors (Lipinski definition) is 5. The third-order valence-corrected chi connectivity index (χ3v) is 4.05. The van der Waals surface area contributed by atoms with Gasteiger partial charge in [0.25, 0.3) is 5.56 Å². The molecule has 1 aromatic heterocycles. The molecule has 8 nitrogen and oxygen atoms in total. The van der Waals surface area contributed by atoms with Crippen molar-refractivity contribution in [1.29, 1.82) is 0 Å². The minimum absolute atomic E-state index is 0.0924. The van der Waals surface area contributed by atoms with E-state index in [9.17, 15) is 19.5 Å². The number of aromatic amines is 1. The average molecular weight is 372 g/mol. The molecule has 1 amide bonds. The van der Waals surface area contributed by atoms with Crippen LogP contribution in [0.15, 0.2) is 45.0 Å². The zero-order valence-electron chi connectivity index (χ0n) is 15.5. The lowest BCUT2D eigenvalue weighted by atomic mass is 10.1. The summed E-state index contributed by atoms with van der Waals surface area (Å²) in [6.07, 6.45) is 2.22. The van der Waals surface area contributed by atoms with Crippen molar-refractivity contribution in [1.82, 2.24) is 15.0 Å². The normalized spacial score (nSPS) is 11.4. The lowest BCUT2D eigenvalue weighted by Gasteiger charge is -2.12. The number of carbonyl (C=O) groups is 1. The van der Waals surface area contributed by atoms with Gasteiger partial charge in [-0.25, -0.2) is 10.2 Å². The Morgan fingerprint density at radius 3 is 2.56 bits per heavy atom. The monoisotopic (exact) mass is 372 g/mol. The van der Waals surface area contributed by atoms with E-state index < -0.39 is 17.1 Å². The largest absolute Gasteiger partial charge is 0.494 e. The van der Waals surface area contributed by atoms with Crippen LogP contribution in [-0.2, 0) is 11.3 Å². The van der Waals surface area contributed by atoms with Gasteiger partial charge < -0.3 is 5.11 Å². The minimum atomic E-state index is -0.745. The Hall–Kier alpha value is -3.16. The number of carbonyl (C=O) groups excluding carboxylic acids is 1. The molecule has 2 aromatic rings. The van der Waals surface area contributed by atoms with Gasteiger partial charge in [-0.3, -0.25) is 19.1 Å². The summed E-state index contributed by atoms with van der Waals surface area (Å²) in [5.74, 6) is -0.743. The van der Waals surface area contributed by atoms with Crippen molar-refractivity contribution in [2.75, 3.05) is 0 Å². The van der Waals surface area contributed by atoms with Crippen molar-refractivity contribution in [3.8, 4) is 5.88 Å². The van der Waals surface area contributed by atoms with Crippen molar-refractivity contribution in [3.63, 3.8) is 0 Å². The zero-order chi connectivity index (χ0) is 19.8. The van der Waals surface area contributed by atoms with Crippen molar-refractivity contribution >= 4 is 11.6 Å². The number of hydrazone groups is 1. The van der Waals surface area contributed by atoms with E-state index >= 15 is 0 Å². The van der Waals surface area contributed by atoms with Gasteiger partial charge in [0.1, 0.15) is 5.56 Å². The first kappa shape index (κ1) is 20.2. The minimum Gasteiger partial charge on any atom is -0.494 e. The lowest BCUT2D eigenvalue weighted by molar-refractivity contribution is -0.121. The fraction of sp³-hybridized carbons (Fsp3) is 0.368. The molecule has 1 aromatic carbocycles. The van der Waals surface area contributed by atoms with E-state index in [1.165, 1.54) is 0 Å². The Morgan fingerprint density at radius 2 is 1.93 bits per heavy atom. The molecule has 0 aliphatic heterocycles. The molecule has 144 valence electrons. The average Bonchev–Trinajstić information content (AvgIpc) is 2.66. The number of unbranched alkanes of at least 4 members (excludes halogenated alkanes) is 1. The molecular formula is C19H24N4O4. The first-order chi connectivity index (χ1) is 13.0. The van der Waals surface area contributed by atoms with Crippen LogP contribution < -0.4 is 16.7 Å². The summed E-state index contributed by atoms with van der Waals surface area (Å²) in [6.45, 7) is 3.80. The van der Waals surface area contributed by atoms with Crippen LogP contribution in [0.25, 0.3) is 0 Å². The van der Waals surface area contributed by atoms with Crippen LogP contribution >= 0.6 is 0 Å². The van der Waals surface area contributed by atoms with Gasteiger partial charge >= 0.3 is 5.69 Å². The van der Waals surface area contributed by atoms with Gasteiger partial charge in [-0.15, -0.1) is 0 Å². The fourth-order valence-corrected chi connectivity index (χ4v) is 2.57. The molecule has 8 heteroatoms. The Balaban J connectivity index is 2.40. The molecule has 3 N–H and O–H groups in total. The second-order valence-corrected chi connectivity index (χ2v) is 6.08. The summed E-state index contributed by atoms with van der Waals surface area (Å²) in [5.41, 5.74) is 1.80. The highest BCUT2D eigenvalue weighted by Gasteiger charge is 2.19. The molecule has 0 fully saturated rings. The molecule has 0 radical (unpaired) electrons. The third-order valence-electron chi connectivity index (χ3n) is 4.05. The summed E-state index contributed by atoms with van der Waals surface area (Å²) in [6, 6.07) is 9.08. The van der Waals surface area contributed by atoms with Crippen LogP contribution in [0.1, 0.15) is 50.7 Å². The highest BCUT2D eigenvalue weighted by Crippen LogP contribution is 2.15. The molecular weight excluding hydrogens is 348 g/mol. The molecule has 1 heterocycles. The van der Waals surface area contributed by atoms with Crippen LogP contribution in [0.5, 0.6) is 5.88 Å². The Morgan fingerprint density at radius 1 is 1.22 bits per heavy atom. The van der Waals surface area contributed by atoms with E-state index in [2.05, 4.69) is 15.5 Å². The summed E-state index contributed by atoms with van der Waals surface area (Å²) in [5, 5.41) is 14.6. The lowest BCUT2D eigenvalue weighted by Crippen LogP contribution is -2.34. The second kappa shape index (κ2) is 9.51. The Labute approximate surface area is 156 Å². The predicted octanol–water partition coefficient (Wildman–Crippen LogP) is 1.71. The highest BCUT2D eigenvalue weighted by molar-refractivity contribution is 6.02. The molecule has 0 atom stereocenters. The van der Waals surface area contributed by atoms with Gasteiger partial charge in [0.15, 0.2) is 0 Å². The molecule has 0 aliphatic rings. The standard InChI is InChI=1S/C19H24N4O4/c1-3-5-11-15(24)22-21-14(4-2)16-17(25)20-19(27)23(18(16)26)12-13-9-7-6-8-10-13/h6-10,26H,3-5,11-12H2,1-2H3,(H,22,24)(H,20,25,27)/b21-14+. The topological polar surface area (TPSA) is 117 Å². The van der Waals surface area contributed by atoms with Gasteiger partial charge in [0.2, 0.25) is 11.8 Å². The molecule has 0 aliphatic carbocycles. The summed E-state index contributed by atoms with van der Waals surface area (Å²) >= 11 is 0. The van der Waals surface area contributed by atoms with Gasteiger partial charge in [-0.05, 0) is 18.4 Å². The zero-order valence-corrected chi connectivity index (χ0v) is 15.5. The fourth-order valence-electron chi connectivity index (χ4n) is 2.57. The van der Waals surface area contributed by atoms with E-state index in [1.807, 2.05) is 25.1 Å². The van der Waals surface area contributed by atoms with E-state index in [-0.39, 0.29) is 30.1 Å². The molecule has 0 saturated carbocycles. The summed E-state index contributed by atoms with van der Waals surface area (Å²) < 4.78 is 1.07. The number of nitrogens with one attached hydrogen (secondary N) is 2. The molecule has 2 rings (SSSR count). The maximum atomic E-state index is 12.3. The number of benzene rings is 1. The van der Waals surface area contributed by atoms with Gasteiger partial charge in [-0.2, -0.15) is 5.10 Å². The molecule has 0 spiro atoms. The number of rotatable bonds is 8. The third kappa shape index (κ3) is 5.16. The SMILES string of the molecule is CCCCC(=O)N/N=C(\CC)c1c(O)n(Cc2ccccc2)c(=O)[nH]c1=O. The van der Waals surface area contributed by atoms with Crippen molar-refractivity contribution in [2.24, 2.45) is 5.10 Å². The number of amides is 1. The van der Waals surface area contributed by atoms with Crippen molar-refractivity contribution < 1.29 is 9.90 Å². The molecule has 0 saturated heterocycles. The second-order valence-electron chi connectivity index (χ2n) is 6.08. The Bertz CT molecular complexity index is 929. The maximum absolute atomic E-state index is 12.3. The number of aromatic hydroxyl groups is 1. The quantitative estimate of drug-likeness (QED) is 0.483. The van der Waals surface area contributed by atoms with Gasteiger partial charge in [0.05, 0.1) is 12.3 Å². The van der Waals surface area contributed by atoms with Gasteiger partial charge in [0, 0.05) is 6.42 Å². The predicted molar refractivity (Wildman–Crippen MR) is 103 cm³/mol. The molecule has 0 unspecified atom stereocenters. The van der Waals surface area contributed by atoms with E-state index in [0.717, 1.165) is 23.0 Å². The van der Waals surface area contributed by atoms with Crippen LogP contribution in [0.2, 0.25) is 0 Å². The molecule has 0 bridgehead atoms. The van der Waals surface area contributed by atoms with Crippen molar-refractivity contribution in [2.45, 2.75) is 46.1 Å². The van der Waals surface area contributed by atoms with Crippen LogP contribution in [0.4, 0.5) is 0 Å². The van der Waals surface area contributed by atoms with E-state index in [4.69, 9.17) is 0 Å². The van der Waals surface area contributed by atoms with Gasteiger partial charge in [-0.1, -0.05) is 50.6 Å². The first-order valence-corrected chi connectivity index (χ1v) is 8.93. The smallest absolute Gasteiger partial charge is 0.331 e. The Kier molecular flexibility index (Phi) is 7.10. The maximum Gasteiger partial charge on any atom is 0.331 e. The van der Waals surface area contributed by atoms with Crippen LogP contribution in [-0.4, -0.2) is 26.3 Å². The summed E-state index contributed by atoms with van der Waals surface area (Å²) in [7, 11) is 0. The molecule has 27 heavy (non-hydrogen) atoms. The van der Waals surface area contributed by atoms with E-state index in [0.29, 0.717) is 6.42 Å². The van der Waals surface area contributed by atoms with Crippen LogP contribution in [0.3, 0.4) is 0 Å². The highest BCUT2D eigenvalue weighted by atomic mass is 16.3. The number of nitrogens with zero attached hydrogens (tertiary/aromatic N) is 2. The van der Waals surface area contributed by atoms with Crippen LogP contribution in [0, 0.1) is 0 Å². The first-order valence-electron chi connectivity index (χ1n) is 8.93.